The first-order valence-electron chi connectivity index (χ1n) is 6.41. The van der Waals surface area contributed by atoms with Gasteiger partial charge in [0.15, 0.2) is 4.90 Å². The number of nitrogen functional groups attached to an aromatic ring is 1. The molecule has 1 aromatic rings. The number of hydrogen-bond acceptors (Lipinski definition) is 5. The highest BCUT2D eigenvalue weighted by Crippen LogP contribution is 2.32. The molecule has 0 bridgehead atoms. The zero-order valence-electron chi connectivity index (χ0n) is 12.8. The van der Waals surface area contributed by atoms with Crippen LogP contribution in [0.1, 0.15) is 27.7 Å². The molecule has 0 fully saturated rings. The quantitative estimate of drug-likeness (QED) is 0.521. The number of rotatable bonds is 4. The van der Waals surface area contributed by atoms with E-state index in [1.165, 1.54) is 13.1 Å². The average Bonchev–Trinajstić information content (AvgIpc) is 2.35. The first-order chi connectivity index (χ1) is 9.39. The van der Waals surface area contributed by atoms with Gasteiger partial charge in [-0.05, 0) is 24.5 Å². The van der Waals surface area contributed by atoms with E-state index in [4.69, 9.17) is 5.73 Å². The number of sulfonamides is 1. The van der Waals surface area contributed by atoms with Crippen molar-refractivity contribution in [1.82, 2.24) is 4.31 Å². The van der Waals surface area contributed by atoms with Gasteiger partial charge in [0.05, 0.1) is 4.92 Å². The summed E-state index contributed by atoms with van der Waals surface area (Å²) in [5.41, 5.74) is 4.96. The van der Waals surface area contributed by atoms with Gasteiger partial charge in [-0.1, -0.05) is 20.8 Å². The summed E-state index contributed by atoms with van der Waals surface area (Å²) in [5.74, 6) is 0. The molecular weight excluding hydrogens is 294 g/mol. The molecule has 0 aliphatic rings. The van der Waals surface area contributed by atoms with Gasteiger partial charge >= 0.3 is 0 Å². The van der Waals surface area contributed by atoms with E-state index >= 15 is 0 Å². The van der Waals surface area contributed by atoms with Gasteiger partial charge in [0, 0.05) is 24.8 Å². The van der Waals surface area contributed by atoms with Crippen LogP contribution in [0.4, 0.5) is 11.4 Å². The van der Waals surface area contributed by atoms with E-state index in [0.717, 1.165) is 16.4 Å². The summed E-state index contributed by atoms with van der Waals surface area (Å²) in [5, 5.41) is 11.1. The Labute approximate surface area is 124 Å². The minimum absolute atomic E-state index is 0.163. The summed E-state index contributed by atoms with van der Waals surface area (Å²) < 4.78 is 26.5. The number of hydrogen-bond donors (Lipinski definition) is 1. The number of benzene rings is 1. The van der Waals surface area contributed by atoms with Gasteiger partial charge < -0.3 is 5.73 Å². The highest BCUT2D eigenvalue weighted by molar-refractivity contribution is 7.89. The largest absolute Gasteiger partial charge is 0.399 e. The van der Waals surface area contributed by atoms with Crippen molar-refractivity contribution >= 4 is 21.4 Å². The number of nitro benzene ring substituents is 1. The van der Waals surface area contributed by atoms with Crippen molar-refractivity contribution in [2.75, 3.05) is 12.8 Å². The third kappa shape index (κ3) is 3.51. The van der Waals surface area contributed by atoms with Gasteiger partial charge in [0.1, 0.15) is 0 Å². The van der Waals surface area contributed by atoms with Crippen LogP contribution in [0.15, 0.2) is 23.1 Å². The van der Waals surface area contributed by atoms with Crippen molar-refractivity contribution in [2.24, 2.45) is 5.41 Å². The molecule has 0 saturated heterocycles. The molecule has 1 aromatic carbocycles. The van der Waals surface area contributed by atoms with Gasteiger partial charge in [-0.3, -0.25) is 10.1 Å². The zero-order valence-corrected chi connectivity index (χ0v) is 13.6. The molecule has 0 aromatic heterocycles. The maximum atomic E-state index is 12.7. The molecule has 1 rings (SSSR count). The maximum absolute atomic E-state index is 12.7. The molecule has 0 heterocycles. The van der Waals surface area contributed by atoms with Crippen molar-refractivity contribution in [1.29, 1.82) is 0 Å². The van der Waals surface area contributed by atoms with Crippen molar-refractivity contribution in [3.63, 3.8) is 0 Å². The third-order valence-corrected chi connectivity index (χ3v) is 5.59. The Balaban J connectivity index is 3.44. The lowest BCUT2D eigenvalue weighted by Crippen LogP contribution is -2.43. The molecule has 0 radical (unpaired) electrons. The van der Waals surface area contributed by atoms with Crippen LogP contribution in [0, 0.1) is 15.5 Å². The Morgan fingerprint density at radius 2 is 1.86 bits per heavy atom. The van der Waals surface area contributed by atoms with E-state index in [1.807, 2.05) is 20.8 Å². The summed E-state index contributed by atoms with van der Waals surface area (Å²) in [6, 6.07) is 3.20. The van der Waals surface area contributed by atoms with Crippen LogP contribution in [0.25, 0.3) is 0 Å². The lowest BCUT2D eigenvalue weighted by atomic mass is 9.88. The van der Waals surface area contributed by atoms with E-state index in [9.17, 15) is 18.5 Å². The van der Waals surface area contributed by atoms with Crippen molar-refractivity contribution in [3.8, 4) is 0 Å². The molecule has 0 amide bonds. The molecule has 0 saturated carbocycles. The molecule has 2 N–H and O–H groups in total. The fraction of sp³-hybridized carbons (Fsp3) is 0.538. The third-order valence-electron chi connectivity index (χ3n) is 3.64. The van der Waals surface area contributed by atoms with E-state index in [-0.39, 0.29) is 22.0 Å². The van der Waals surface area contributed by atoms with E-state index in [2.05, 4.69) is 0 Å². The van der Waals surface area contributed by atoms with Gasteiger partial charge in [0.25, 0.3) is 5.69 Å². The Bertz CT molecular complexity index is 650. The molecule has 0 spiro atoms. The summed E-state index contributed by atoms with van der Waals surface area (Å²) in [6.45, 7) is 7.46. The predicted octanol–water partition coefficient (Wildman–Crippen LogP) is 2.23. The molecule has 0 aliphatic heterocycles. The lowest BCUT2D eigenvalue weighted by Gasteiger charge is -2.34. The minimum Gasteiger partial charge on any atom is -0.399 e. The maximum Gasteiger partial charge on any atom is 0.289 e. The molecule has 0 aliphatic carbocycles. The zero-order chi connectivity index (χ0) is 16.6. The normalized spacial score (nSPS) is 14.2. The fourth-order valence-corrected chi connectivity index (χ4v) is 3.53. The lowest BCUT2D eigenvalue weighted by molar-refractivity contribution is -0.387. The SMILES string of the molecule is CC(N(C)S(=O)(=O)c1cc(N)ccc1[N+](=O)[O-])C(C)(C)C. The molecule has 7 nitrogen and oxygen atoms in total. The number of nitrogens with zero attached hydrogens (tertiary/aromatic N) is 2. The summed E-state index contributed by atoms with van der Waals surface area (Å²) >= 11 is 0. The summed E-state index contributed by atoms with van der Waals surface area (Å²) in [4.78, 5) is 9.95. The second-order valence-electron chi connectivity index (χ2n) is 6.05. The molecule has 118 valence electrons. The summed E-state index contributed by atoms with van der Waals surface area (Å²) in [7, 11) is -2.59. The van der Waals surface area contributed by atoms with Crippen LogP contribution in [0.5, 0.6) is 0 Å². The molecule has 1 unspecified atom stereocenters. The Hall–Kier alpha value is -1.67. The monoisotopic (exact) mass is 315 g/mol. The smallest absolute Gasteiger partial charge is 0.289 e. The minimum atomic E-state index is -4.01. The molecular formula is C13H21N3O4S. The van der Waals surface area contributed by atoms with Crippen LogP contribution in [0.2, 0.25) is 0 Å². The Morgan fingerprint density at radius 3 is 2.29 bits per heavy atom. The Kier molecular flexibility index (Phi) is 4.64. The van der Waals surface area contributed by atoms with Crippen molar-refractivity contribution in [2.45, 2.75) is 38.6 Å². The second-order valence-corrected chi connectivity index (χ2v) is 8.01. The molecule has 21 heavy (non-hydrogen) atoms. The second kappa shape index (κ2) is 5.61. The molecule has 1 atom stereocenters. The predicted molar refractivity (Wildman–Crippen MR) is 81.4 cm³/mol. The van der Waals surface area contributed by atoms with Crippen molar-refractivity contribution < 1.29 is 13.3 Å². The van der Waals surface area contributed by atoms with Gasteiger partial charge in [0.2, 0.25) is 10.0 Å². The van der Waals surface area contributed by atoms with Crippen LogP contribution in [0.3, 0.4) is 0 Å². The van der Waals surface area contributed by atoms with Crippen LogP contribution in [-0.4, -0.2) is 30.7 Å². The number of anilines is 1. The fourth-order valence-electron chi connectivity index (χ4n) is 1.80. The van der Waals surface area contributed by atoms with Gasteiger partial charge in [-0.2, -0.15) is 4.31 Å². The van der Waals surface area contributed by atoms with Crippen LogP contribution >= 0.6 is 0 Å². The average molecular weight is 315 g/mol. The highest BCUT2D eigenvalue weighted by Gasteiger charge is 2.36. The topological polar surface area (TPSA) is 107 Å². The molecule has 8 heteroatoms. The van der Waals surface area contributed by atoms with Crippen molar-refractivity contribution in [3.05, 3.63) is 28.3 Å². The first-order valence-corrected chi connectivity index (χ1v) is 7.85. The van der Waals surface area contributed by atoms with Crippen LogP contribution in [-0.2, 0) is 10.0 Å². The summed E-state index contributed by atoms with van der Waals surface area (Å²) in [6.07, 6.45) is 0. The number of nitro groups is 1. The number of nitrogens with two attached hydrogens (primary N) is 1. The van der Waals surface area contributed by atoms with E-state index in [1.54, 1.807) is 6.92 Å². The highest BCUT2D eigenvalue weighted by atomic mass is 32.2. The van der Waals surface area contributed by atoms with Gasteiger partial charge in [-0.25, -0.2) is 8.42 Å². The first kappa shape index (κ1) is 17.4. The van der Waals surface area contributed by atoms with Crippen LogP contribution < -0.4 is 5.73 Å². The standard InChI is InChI=1S/C13H21N3O4S/c1-9(13(2,3)4)15(5)21(19,20)12-8-10(14)6-7-11(12)16(17)18/h6-9H,14H2,1-5H3. The van der Waals surface area contributed by atoms with E-state index < -0.39 is 20.6 Å². The Morgan fingerprint density at radius 1 is 1.33 bits per heavy atom. The van der Waals surface area contributed by atoms with E-state index in [0.29, 0.717) is 0 Å². The van der Waals surface area contributed by atoms with Gasteiger partial charge in [-0.15, -0.1) is 0 Å².